The van der Waals surface area contributed by atoms with Crippen LogP contribution in [0.1, 0.15) is 42.1 Å². The third kappa shape index (κ3) is 4.45. The number of benzene rings is 3. The molecular weight excluding hydrogens is 414 g/mol. The number of likely N-dealkylation sites (tertiary alicyclic amines) is 1. The van der Waals surface area contributed by atoms with Gasteiger partial charge in [-0.15, -0.1) is 11.3 Å². The second-order valence-electron chi connectivity index (χ2n) is 8.54. The zero-order valence-electron chi connectivity index (χ0n) is 18.3. The lowest BCUT2D eigenvalue weighted by atomic mass is 9.95. The summed E-state index contributed by atoms with van der Waals surface area (Å²) in [6.07, 6.45) is 3.78. The number of anilines is 1. The van der Waals surface area contributed by atoms with Gasteiger partial charge in [0.1, 0.15) is 0 Å². The van der Waals surface area contributed by atoms with Crippen molar-refractivity contribution >= 4 is 33.1 Å². The number of hydrogen-bond donors (Lipinski definition) is 1. The molecule has 1 unspecified atom stereocenters. The first-order valence-corrected chi connectivity index (χ1v) is 12.1. The highest BCUT2D eigenvalue weighted by atomic mass is 32.1. The van der Waals surface area contributed by atoms with Crippen molar-refractivity contribution in [2.75, 3.05) is 11.9 Å². The third-order valence-corrected chi connectivity index (χ3v) is 7.16. The van der Waals surface area contributed by atoms with Gasteiger partial charge in [0, 0.05) is 23.8 Å². The van der Waals surface area contributed by atoms with Crippen molar-refractivity contribution in [3.63, 3.8) is 0 Å². The molecule has 5 heteroatoms. The number of nitrogens with one attached hydrogen (secondary N) is 1. The van der Waals surface area contributed by atoms with E-state index in [2.05, 4.69) is 58.5 Å². The minimum Gasteiger partial charge on any atom is -0.322 e. The van der Waals surface area contributed by atoms with Gasteiger partial charge in [-0.05, 0) is 73.3 Å². The molecule has 2 heterocycles. The Morgan fingerprint density at radius 1 is 1.09 bits per heavy atom. The summed E-state index contributed by atoms with van der Waals surface area (Å²) < 4.78 is 1.12. The fourth-order valence-electron chi connectivity index (χ4n) is 4.52. The van der Waals surface area contributed by atoms with E-state index in [0.717, 1.165) is 29.0 Å². The number of hydrogen-bond acceptors (Lipinski definition) is 4. The molecule has 0 spiro atoms. The maximum Gasteiger partial charge on any atom is 0.255 e. The average molecular weight is 442 g/mol. The molecule has 0 radical (unpaired) electrons. The Kier molecular flexibility index (Phi) is 6.02. The van der Waals surface area contributed by atoms with Crippen molar-refractivity contribution < 1.29 is 4.79 Å². The Morgan fingerprint density at radius 2 is 1.97 bits per heavy atom. The predicted molar refractivity (Wildman–Crippen MR) is 133 cm³/mol. The van der Waals surface area contributed by atoms with E-state index in [1.54, 1.807) is 11.3 Å². The van der Waals surface area contributed by atoms with Crippen molar-refractivity contribution in [2.45, 2.75) is 38.8 Å². The van der Waals surface area contributed by atoms with Gasteiger partial charge >= 0.3 is 0 Å². The first-order valence-electron chi connectivity index (χ1n) is 11.2. The molecule has 0 aliphatic carbocycles. The summed E-state index contributed by atoms with van der Waals surface area (Å²) >= 11 is 1.60. The first kappa shape index (κ1) is 20.9. The van der Waals surface area contributed by atoms with Gasteiger partial charge in [0.25, 0.3) is 5.91 Å². The quantitative estimate of drug-likeness (QED) is 0.380. The highest BCUT2D eigenvalue weighted by Crippen LogP contribution is 2.29. The Bertz CT molecular complexity index is 1230. The van der Waals surface area contributed by atoms with Gasteiger partial charge in [-0.3, -0.25) is 9.69 Å². The van der Waals surface area contributed by atoms with Gasteiger partial charge in [0.05, 0.1) is 15.7 Å². The van der Waals surface area contributed by atoms with Crippen LogP contribution in [0.4, 0.5) is 5.69 Å². The number of piperidine rings is 1. The third-order valence-electron chi connectivity index (χ3n) is 6.35. The van der Waals surface area contributed by atoms with Gasteiger partial charge in [-0.2, -0.15) is 0 Å². The summed E-state index contributed by atoms with van der Waals surface area (Å²) in [5, 5.41) is 3.05. The molecule has 162 valence electrons. The summed E-state index contributed by atoms with van der Waals surface area (Å²) in [4.78, 5) is 20.0. The summed E-state index contributed by atoms with van der Waals surface area (Å²) in [5.74, 6) is -0.0906. The number of nitrogens with zero attached hydrogens (tertiary/aromatic N) is 2. The summed E-state index contributed by atoms with van der Waals surface area (Å²) in [6, 6.07) is 23.0. The topological polar surface area (TPSA) is 45.2 Å². The van der Waals surface area contributed by atoms with Crippen LogP contribution in [0.5, 0.6) is 0 Å². The molecule has 1 atom stereocenters. The van der Waals surface area contributed by atoms with Gasteiger partial charge < -0.3 is 5.32 Å². The normalized spacial score (nSPS) is 16.8. The van der Waals surface area contributed by atoms with E-state index in [0.29, 0.717) is 11.6 Å². The van der Waals surface area contributed by atoms with E-state index in [-0.39, 0.29) is 5.91 Å². The van der Waals surface area contributed by atoms with Crippen LogP contribution in [-0.2, 0) is 6.54 Å². The van der Waals surface area contributed by atoms with Crippen molar-refractivity contribution in [1.82, 2.24) is 9.88 Å². The molecule has 0 bridgehead atoms. The largest absolute Gasteiger partial charge is 0.322 e. The van der Waals surface area contributed by atoms with Crippen molar-refractivity contribution in [3.8, 4) is 11.1 Å². The molecule has 1 amide bonds. The van der Waals surface area contributed by atoms with Crippen LogP contribution in [0.2, 0.25) is 0 Å². The first-order chi connectivity index (χ1) is 15.7. The van der Waals surface area contributed by atoms with E-state index in [4.69, 9.17) is 0 Å². The molecule has 1 saturated heterocycles. The SMILES string of the molecule is CC1CCCCN1Cc1cc(C(=O)Nc2ccc3scnc3c2)ccc1-c1ccccc1. The number of rotatable bonds is 5. The Morgan fingerprint density at radius 3 is 2.81 bits per heavy atom. The molecule has 1 aromatic heterocycles. The minimum atomic E-state index is -0.0906. The zero-order valence-corrected chi connectivity index (χ0v) is 19.1. The highest BCUT2D eigenvalue weighted by Gasteiger charge is 2.20. The van der Waals surface area contributed by atoms with E-state index >= 15 is 0 Å². The van der Waals surface area contributed by atoms with Gasteiger partial charge in [-0.1, -0.05) is 42.8 Å². The fourth-order valence-corrected chi connectivity index (χ4v) is 5.17. The maximum absolute atomic E-state index is 13.1. The van der Waals surface area contributed by atoms with Gasteiger partial charge in [0.15, 0.2) is 0 Å². The Labute approximate surface area is 192 Å². The molecule has 1 aliphatic rings. The molecule has 1 N–H and O–H groups in total. The lowest BCUT2D eigenvalue weighted by Gasteiger charge is -2.34. The summed E-state index contributed by atoms with van der Waals surface area (Å²) in [5.41, 5.74) is 7.78. The number of carbonyl (C=O) groups excluding carboxylic acids is 1. The highest BCUT2D eigenvalue weighted by molar-refractivity contribution is 7.16. The van der Waals surface area contributed by atoms with Crippen molar-refractivity contribution in [3.05, 3.63) is 83.4 Å². The van der Waals surface area contributed by atoms with Gasteiger partial charge in [-0.25, -0.2) is 4.98 Å². The van der Waals surface area contributed by atoms with Crippen LogP contribution in [-0.4, -0.2) is 28.4 Å². The standard InChI is InChI=1S/C27H27N3OS/c1-19-7-5-6-14-30(19)17-22-15-21(10-12-24(22)20-8-3-2-4-9-20)27(31)29-23-11-13-26-25(16-23)28-18-32-26/h2-4,8-13,15-16,18-19H,5-7,14,17H2,1H3,(H,29,31). The van der Waals surface area contributed by atoms with Crippen molar-refractivity contribution in [2.24, 2.45) is 0 Å². The van der Waals surface area contributed by atoms with E-state index < -0.39 is 0 Å². The number of fused-ring (bicyclic) bond motifs is 1. The van der Waals surface area contributed by atoms with Crippen LogP contribution in [0.15, 0.2) is 72.2 Å². The molecular formula is C27H27N3OS. The second-order valence-corrected chi connectivity index (χ2v) is 9.43. The molecule has 3 aromatic carbocycles. The smallest absolute Gasteiger partial charge is 0.255 e. The van der Waals surface area contributed by atoms with E-state index in [1.807, 2.05) is 35.8 Å². The zero-order chi connectivity index (χ0) is 21.9. The monoisotopic (exact) mass is 441 g/mol. The van der Waals surface area contributed by atoms with Crippen LogP contribution < -0.4 is 5.32 Å². The number of aromatic nitrogens is 1. The molecule has 1 aliphatic heterocycles. The maximum atomic E-state index is 13.1. The number of carbonyl (C=O) groups is 1. The van der Waals surface area contributed by atoms with Crippen LogP contribution in [0, 0.1) is 0 Å². The average Bonchev–Trinajstić information content (AvgIpc) is 3.29. The molecule has 1 fully saturated rings. The summed E-state index contributed by atoms with van der Waals surface area (Å²) in [7, 11) is 0. The van der Waals surface area contributed by atoms with Crippen LogP contribution in [0.3, 0.4) is 0 Å². The summed E-state index contributed by atoms with van der Waals surface area (Å²) in [6.45, 7) is 4.28. The molecule has 32 heavy (non-hydrogen) atoms. The lowest BCUT2D eigenvalue weighted by Crippen LogP contribution is -2.36. The number of amides is 1. The molecule has 4 aromatic rings. The fraction of sp³-hybridized carbons (Fsp3) is 0.259. The van der Waals surface area contributed by atoms with Crippen LogP contribution >= 0.6 is 11.3 Å². The molecule has 5 rings (SSSR count). The Balaban J connectivity index is 1.45. The van der Waals surface area contributed by atoms with E-state index in [1.165, 1.54) is 36.0 Å². The number of thiazole rings is 1. The minimum absolute atomic E-state index is 0.0906. The lowest BCUT2D eigenvalue weighted by molar-refractivity contribution is 0.102. The molecule has 0 saturated carbocycles. The predicted octanol–water partition coefficient (Wildman–Crippen LogP) is 6.59. The van der Waals surface area contributed by atoms with Crippen molar-refractivity contribution in [1.29, 1.82) is 0 Å². The second kappa shape index (κ2) is 9.23. The van der Waals surface area contributed by atoms with Crippen LogP contribution in [0.25, 0.3) is 21.3 Å². The molecule has 4 nitrogen and oxygen atoms in total. The van der Waals surface area contributed by atoms with Gasteiger partial charge in [0.2, 0.25) is 0 Å². The van der Waals surface area contributed by atoms with E-state index in [9.17, 15) is 4.79 Å². The Hall–Kier alpha value is -3.02.